The number of nitrogens with zero attached hydrogens (tertiary/aromatic N) is 2. The van der Waals surface area contributed by atoms with Crippen LogP contribution in [0.3, 0.4) is 0 Å². The molecule has 0 N–H and O–H groups in total. The van der Waals surface area contributed by atoms with Gasteiger partial charge in [0.25, 0.3) is 0 Å². The molecule has 2 fully saturated rings. The molecule has 0 amide bonds. The Morgan fingerprint density at radius 3 is 2.19 bits per heavy atom. The van der Waals surface area contributed by atoms with Gasteiger partial charge >= 0.3 is 0 Å². The van der Waals surface area contributed by atoms with Crippen molar-refractivity contribution in [2.45, 2.75) is 37.6 Å². The van der Waals surface area contributed by atoms with Crippen LogP contribution < -0.4 is 0 Å². The van der Waals surface area contributed by atoms with Gasteiger partial charge in [0.05, 0.1) is 17.6 Å². The number of hydrogen-bond donors (Lipinski definition) is 0. The average Bonchev–Trinajstić information content (AvgIpc) is 2.47. The molecule has 2 aliphatic heterocycles. The highest BCUT2D eigenvalue weighted by Crippen LogP contribution is 2.31. The van der Waals surface area contributed by atoms with Crippen molar-refractivity contribution in [3.63, 3.8) is 0 Å². The fraction of sp³-hybridized carbons (Fsp3) is 0.909. The zero-order valence-electron chi connectivity index (χ0n) is 9.48. The third-order valence-corrected chi connectivity index (χ3v) is 5.45. The lowest BCUT2D eigenvalue weighted by Gasteiger charge is -2.33. The zero-order chi connectivity index (χ0) is 11.6. The molecule has 4 nitrogen and oxygen atoms in total. The summed E-state index contributed by atoms with van der Waals surface area (Å²) in [5.41, 5.74) is -0.719. The van der Waals surface area contributed by atoms with Gasteiger partial charge in [-0.25, -0.2) is 8.42 Å². The SMILES string of the molecule is N#CC1(N2CCCCCC2)CCS(=O)(=O)C1. The molecule has 0 bridgehead atoms. The van der Waals surface area contributed by atoms with Gasteiger partial charge in [0.1, 0.15) is 5.54 Å². The Labute approximate surface area is 97.2 Å². The molecule has 5 heteroatoms. The highest BCUT2D eigenvalue weighted by atomic mass is 32.2. The number of hydrogen-bond acceptors (Lipinski definition) is 4. The van der Waals surface area contributed by atoms with E-state index in [1.807, 2.05) is 0 Å². The number of nitriles is 1. The van der Waals surface area contributed by atoms with Gasteiger partial charge in [-0.15, -0.1) is 0 Å². The predicted octanol–water partition coefficient (Wildman–Crippen LogP) is 0.943. The molecule has 0 aromatic carbocycles. The van der Waals surface area contributed by atoms with Crippen LogP contribution in [0.5, 0.6) is 0 Å². The molecule has 0 aromatic heterocycles. The Balaban J connectivity index is 2.19. The Kier molecular flexibility index (Phi) is 3.22. The van der Waals surface area contributed by atoms with E-state index in [1.165, 1.54) is 12.8 Å². The Morgan fingerprint density at radius 1 is 1.12 bits per heavy atom. The molecule has 2 rings (SSSR count). The lowest BCUT2D eigenvalue weighted by atomic mass is 9.98. The van der Waals surface area contributed by atoms with Crippen LogP contribution in [0.1, 0.15) is 32.1 Å². The first-order valence-electron chi connectivity index (χ1n) is 5.95. The minimum Gasteiger partial charge on any atom is -0.285 e. The quantitative estimate of drug-likeness (QED) is 0.686. The van der Waals surface area contributed by atoms with Gasteiger partial charge in [-0.2, -0.15) is 5.26 Å². The van der Waals surface area contributed by atoms with Crippen molar-refractivity contribution in [1.82, 2.24) is 4.90 Å². The maximum Gasteiger partial charge on any atom is 0.153 e. The maximum absolute atomic E-state index is 11.6. The fourth-order valence-corrected chi connectivity index (χ4v) is 4.65. The van der Waals surface area contributed by atoms with Gasteiger partial charge in [-0.05, 0) is 32.4 Å². The topological polar surface area (TPSA) is 61.2 Å². The monoisotopic (exact) mass is 242 g/mol. The van der Waals surface area contributed by atoms with Crippen molar-refractivity contribution in [3.8, 4) is 6.07 Å². The van der Waals surface area contributed by atoms with Gasteiger partial charge in [0.15, 0.2) is 9.84 Å². The number of rotatable bonds is 1. The summed E-state index contributed by atoms with van der Waals surface area (Å²) in [6.45, 7) is 1.76. The van der Waals surface area contributed by atoms with Gasteiger partial charge < -0.3 is 0 Å². The molecule has 0 saturated carbocycles. The third kappa shape index (κ3) is 2.23. The standard InChI is InChI=1S/C11H18N2O2S/c12-9-11(5-8-16(14,15)10-11)13-6-3-1-2-4-7-13/h1-8,10H2. The highest BCUT2D eigenvalue weighted by Gasteiger charge is 2.46. The molecular formula is C11H18N2O2S. The molecule has 2 saturated heterocycles. The van der Waals surface area contributed by atoms with Crippen LogP contribution in [0.15, 0.2) is 0 Å². The van der Waals surface area contributed by atoms with Crippen molar-refractivity contribution >= 4 is 9.84 Å². The number of likely N-dealkylation sites (tertiary alicyclic amines) is 1. The zero-order valence-corrected chi connectivity index (χ0v) is 10.3. The first-order chi connectivity index (χ1) is 7.58. The molecule has 0 spiro atoms. The molecule has 1 atom stereocenters. The lowest BCUT2D eigenvalue weighted by molar-refractivity contribution is 0.163. The second-order valence-electron chi connectivity index (χ2n) is 4.89. The normalized spacial score (nSPS) is 35.4. The first kappa shape index (κ1) is 11.9. The highest BCUT2D eigenvalue weighted by molar-refractivity contribution is 7.91. The molecule has 1 unspecified atom stereocenters. The van der Waals surface area contributed by atoms with Crippen molar-refractivity contribution in [1.29, 1.82) is 5.26 Å². The minimum absolute atomic E-state index is 0.0382. The summed E-state index contributed by atoms with van der Waals surface area (Å²) < 4.78 is 23.1. The molecule has 2 heterocycles. The maximum atomic E-state index is 11.6. The van der Waals surface area contributed by atoms with E-state index in [0.717, 1.165) is 25.9 Å². The van der Waals surface area contributed by atoms with Crippen molar-refractivity contribution in [2.75, 3.05) is 24.6 Å². The molecule has 2 aliphatic rings. The fourth-order valence-electron chi connectivity index (χ4n) is 2.74. The Morgan fingerprint density at radius 2 is 1.75 bits per heavy atom. The summed E-state index contributed by atoms with van der Waals surface area (Å²) in [6.07, 6.45) is 5.06. The molecular weight excluding hydrogens is 224 g/mol. The summed E-state index contributed by atoms with van der Waals surface area (Å²) in [4.78, 5) is 2.12. The van der Waals surface area contributed by atoms with Gasteiger partial charge in [-0.3, -0.25) is 4.90 Å². The van der Waals surface area contributed by atoms with E-state index in [0.29, 0.717) is 6.42 Å². The van der Waals surface area contributed by atoms with E-state index in [9.17, 15) is 13.7 Å². The lowest BCUT2D eigenvalue weighted by Crippen LogP contribution is -2.49. The van der Waals surface area contributed by atoms with E-state index in [1.54, 1.807) is 0 Å². The molecule has 16 heavy (non-hydrogen) atoms. The van der Waals surface area contributed by atoms with Crippen LogP contribution in [0.25, 0.3) is 0 Å². The molecule has 0 radical (unpaired) electrons. The summed E-state index contributed by atoms with van der Waals surface area (Å²) in [5, 5.41) is 9.34. The predicted molar refractivity (Wildman–Crippen MR) is 61.7 cm³/mol. The largest absolute Gasteiger partial charge is 0.285 e. The van der Waals surface area contributed by atoms with Crippen LogP contribution in [0.4, 0.5) is 0 Å². The van der Waals surface area contributed by atoms with Crippen molar-refractivity contribution < 1.29 is 8.42 Å². The van der Waals surface area contributed by atoms with Crippen molar-refractivity contribution in [2.24, 2.45) is 0 Å². The number of sulfone groups is 1. The van der Waals surface area contributed by atoms with Crippen molar-refractivity contribution in [3.05, 3.63) is 0 Å². The van der Waals surface area contributed by atoms with Gasteiger partial charge in [0.2, 0.25) is 0 Å². The first-order valence-corrected chi connectivity index (χ1v) is 7.77. The molecule has 90 valence electrons. The van der Waals surface area contributed by atoms with Crippen LogP contribution in [-0.4, -0.2) is 43.5 Å². The Bertz CT molecular complexity index is 391. The summed E-state index contributed by atoms with van der Waals surface area (Å²) >= 11 is 0. The second kappa shape index (κ2) is 4.34. The summed E-state index contributed by atoms with van der Waals surface area (Å²) in [6, 6.07) is 2.28. The van der Waals surface area contributed by atoms with E-state index >= 15 is 0 Å². The second-order valence-corrected chi connectivity index (χ2v) is 7.07. The van der Waals surface area contributed by atoms with Crippen LogP contribution in [-0.2, 0) is 9.84 Å². The van der Waals surface area contributed by atoms with Crippen LogP contribution >= 0.6 is 0 Å². The summed E-state index contributed by atoms with van der Waals surface area (Å²) in [5.74, 6) is 0.216. The third-order valence-electron chi connectivity index (χ3n) is 3.70. The molecule has 0 aromatic rings. The summed E-state index contributed by atoms with van der Waals surface area (Å²) in [7, 11) is -2.99. The average molecular weight is 242 g/mol. The van der Waals surface area contributed by atoms with E-state index in [-0.39, 0.29) is 11.5 Å². The van der Waals surface area contributed by atoms with Crippen LogP contribution in [0.2, 0.25) is 0 Å². The van der Waals surface area contributed by atoms with E-state index in [4.69, 9.17) is 0 Å². The van der Waals surface area contributed by atoms with Crippen LogP contribution in [0, 0.1) is 11.3 Å². The Hall–Kier alpha value is -0.600. The van der Waals surface area contributed by atoms with E-state index < -0.39 is 15.4 Å². The minimum atomic E-state index is -2.99. The smallest absolute Gasteiger partial charge is 0.153 e. The van der Waals surface area contributed by atoms with E-state index in [2.05, 4.69) is 11.0 Å². The van der Waals surface area contributed by atoms with Gasteiger partial charge in [-0.1, -0.05) is 12.8 Å². The van der Waals surface area contributed by atoms with Gasteiger partial charge in [0, 0.05) is 0 Å². The molecule has 0 aliphatic carbocycles.